The molecule has 0 aromatic heterocycles. The highest BCUT2D eigenvalue weighted by molar-refractivity contribution is 6.18. The molecule has 0 radical (unpaired) electrons. The van der Waals surface area contributed by atoms with Crippen LogP contribution in [0.5, 0.6) is 0 Å². The van der Waals surface area contributed by atoms with Crippen molar-refractivity contribution in [1.29, 1.82) is 0 Å². The van der Waals surface area contributed by atoms with Crippen molar-refractivity contribution < 1.29 is 0 Å². The zero-order valence-electron chi connectivity index (χ0n) is 11.4. The molecule has 0 saturated carbocycles. The first-order valence-corrected chi connectivity index (χ1v) is 7.90. The average molecular weight is 308 g/mol. The van der Waals surface area contributed by atoms with Crippen LogP contribution in [0.3, 0.4) is 0 Å². The first kappa shape index (κ1) is 15.4. The quantitative estimate of drug-likeness (QED) is 0.751. The second kappa shape index (κ2) is 8.31. The molecule has 0 amide bonds. The molecule has 20 heavy (non-hydrogen) atoms. The summed E-state index contributed by atoms with van der Waals surface area (Å²) in [5.74, 6) is 1.21. The minimum atomic E-state index is 0.276. The molecule has 0 aliphatic heterocycles. The average Bonchev–Trinajstić information content (AvgIpc) is 2.53. The normalized spacial score (nSPS) is 12.3. The van der Waals surface area contributed by atoms with Crippen molar-refractivity contribution in [3.05, 3.63) is 60.2 Å². The molecule has 0 aliphatic carbocycles. The van der Waals surface area contributed by atoms with Gasteiger partial charge in [-0.05, 0) is 23.1 Å². The number of halogens is 2. The van der Waals surface area contributed by atoms with Gasteiger partial charge in [0.05, 0.1) is 0 Å². The summed E-state index contributed by atoms with van der Waals surface area (Å²) >= 11 is 11.7. The number of rotatable bonds is 7. The van der Waals surface area contributed by atoms with Crippen LogP contribution in [-0.4, -0.2) is 24.3 Å². The highest BCUT2D eigenvalue weighted by Gasteiger charge is 2.07. The highest BCUT2D eigenvalue weighted by atomic mass is 35.5. The number of alkyl halides is 2. The predicted molar refractivity (Wildman–Crippen MR) is 88.8 cm³/mol. The maximum absolute atomic E-state index is 5.97. The molecule has 3 heteroatoms. The van der Waals surface area contributed by atoms with E-state index in [2.05, 4.69) is 53.8 Å². The summed E-state index contributed by atoms with van der Waals surface area (Å²) in [5.41, 5.74) is 3.77. The Kier molecular flexibility index (Phi) is 6.38. The molecule has 1 unspecified atom stereocenters. The lowest BCUT2D eigenvalue weighted by atomic mass is 10.0. The fourth-order valence-electron chi connectivity index (χ4n) is 2.19. The topological polar surface area (TPSA) is 12.0 Å². The van der Waals surface area contributed by atoms with Crippen LogP contribution in [0.15, 0.2) is 54.6 Å². The van der Waals surface area contributed by atoms with E-state index in [1.54, 1.807) is 0 Å². The zero-order chi connectivity index (χ0) is 14.2. The molecule has 1 atom stereocenters. The summed E-state index contributed by atoms with van der Waals surface area (Å²) in [5, 5.41) is 3.35. The molecule has 0 bridgehead atoms. The number of hydrogen-bond donors (Lipinski definition) is 1. The van der Waals surface area contributed by atoms with Gasteiger partial charge in [0.25, 0.3) is 0 Å². The van der Waals surface area contributed by atoms with Crippen molar-refractivity contribution >= 4 is 23.2 Å². The number of hydrogen-bond acceptors (Lipinski definition) is 1. The van der Waals surface area contributed by atoms with Crippen LogP contribution >= 0.6 is 23.2 Å². The molecule has 0 saturated heterocycles. The third kappa shape index (κ3) is 4.52. The second-order valence-electron chi connectivity index (χ2n) is 4.76. The van der Waals surface area contributed by atoms with Crippen LogP contribution in [-0.2, 0) is 6.42 Å². The Hall–Kier alpha value is -1.02. The standard InChI is InChI=1S/C17H19Cl2N/c18-10-11-20-17(13-19)12-14-6-8-16(9-7-14)15-4-2-1-3-5-15/h1-9,17,20H,10-13H2. The molecule has 2 rings (SSSR count). The molecule has 1 N–H and O–H groups in total. The molecule has 2 aromatic carbocycles. The van der Waals surface area contributed by atoms with Crippen LogP contribution < -0.4 is 5.32 Å². The second-order valence-corrected chi connectivity index (χ2v) is 5.45. The lowest BCUT2D eigenvalue weighted by Gasteiger charge is -2.15. The summed E-state index contributed by atoms with van der Waals surface area (Å²) < 4.78 is 0. The first-order chi connectivity index (χ1) is 9.83. The van der Waals surface area contributed by atoms with E-state index in [0.29, 0.717) is 11.8 Å². The molecule has 0 spiro atoms. The zero-order valence-corrected chi connectivity index (χ0v) is 12.9. The van der Waals surface area contributed by atoms with E-state index in [9.17, 15) is 0 Å². The van der Waals surface area contributed by atoms with Gasteiger partial charge in [-0.25, -0.2) is 0 Å². The fourth-order valence-corrected chi connectivity index (χ4v) is 2.52. The van der Waals surface area contributed by atoms with Gasteiger partial charge in [0.1, 0.15) is 0 Å². The molecule has 0 fully saturated rings. The molecule has 0 aliphatic rings. The van der Waals surface area contributed by atoms with E-state index >= 15 is 0 Å². The van der Waals surface area contributed by atoms with Crippen LogP contribution in [0.4, 0.5) is 0 Å². The minimum Gasteiger partial charge on any atom is -0.311 e. The summed E-state index contributed by atoms with van der Waals surface area (Å²) in [6.45, 7) is 0.793. The van der Waals surface area contributed by atoms with Gasteiger partial charge in [0.15, 0.2) is 0 Å². The predicted octanol–water partition coefficient (Wildman–Crippen LogP) is 4.33. The Bertz CT molecular complexity index is 496. The van der Waals surface area contributed by atoms with Crippen LogP contribution in [0.25, 0.3) is 11.1 Å². The van der Waals surface area contributed by atoms with Gasteiger partial charge in [-0.1, -0.05) is 54.6 Å². The number of nitrogens with one attached hydrogen (secondary N) is 1. The molecule has 0 heterocycles. The van der Waals surface area contributed by atoms with Crippen molar-refractivity contribution in [2.45, 2.75) is 12.5 Å². The largest absolute Gasteiger partial charge is 0.311 e. The van der Waals surface area contributed by atoms with Gasteiger partial charge in [-0.3, -0.25) is 0 Å². The van der Waals surface area contributed by atoms with Crippen LogP contribution in [0.1, 0.15) is 5.56 Å². The Balaban J connectivity index is 2.01. The van der Waals surface area contributed by atoms with Gasteiger partial charge < -0.3 is 5.32 Å². The van der Waals surface area contributed by atoms with Crippen molar-refractivity contribution in [3.63, 3.8) is 0 Å². The van der Waals surface area contributed by atoms with E-state index in [1.807, 2.05) is 6.07 Å². The van der Waals surface area contributed by atoms with E-state index in [-0.39, 0.29) is 6.04 Å². The first-order valence-electron chi connectivity index (χ1n) is 6.83. The lowest BCUT2D eigenvalue weighted by molar-refractivity contribution is 0.572. The van der Waals surface area contributed by atoms with E-state index in [4.69, 9.17) is 23.2 Å². The van der Waals surface area contributed by atoms with Gasteiger partial charge in [0, 0.05) is 24.3 Å². The van der Waals surface area contributed by atoms with Crippen LogP contribution in [0, 0.1) is 0 Å². The van der Waals surface area contributed by atoms with E-state index in [1.165, 1.54) is 16.7 Å². The van der Waals surface area contributed by atoms with E-state index < -0.39 is 0 Å². The molecule has 1 nitrogen and oxygen atoms in total. The third-order valence-electron chi connectivity index (χ3n) is 3.26. The van der Waals surface area contributed by atoms with Gasteiger partial charge in [0.2, 0.25) is 0 Å². The van der Waals surface area contributed by atoms with Gasteiger partial charge >= 0.3 is 0 Å². The smallest absolute Gasteiger partial charge is 0.0380 e. The SMILES string of the molecule is ClCCNC(CCl)Cc1ccc(-c2ccccc2)cc1. The maximum atomic E-state index is 5.97. The Morgan fingerprint density at radius 2 is 1.50 bits per heavy atom. The van der Waals surface area contributed by atoms with Gasteiger partial charge in [-0.15, -0.1) is 23.2 Å². The Morgan fingerprint density at radius 1 is 0.850 bits per heavy atom. The maximum Gasteiger partial charge on any atom is 0.0380 e. The van der Waals surface area contributed by atoms with Crippen molar-refractivity contribution in [2.24, 2.45) is 0 Å². The fraction of sp³-hybridized carbons (Fsp3) is 0.294. The van der Waals surface area contributed by atoms with Crippen LogP contribution in [0.2, 0.25) is 0 Å². The summed E-state index contributed by atoms with van der Waals surface area (Å²) in [7, 11) is 0. The van der Waals surface area contributed by atoms with Crippen molar-refractivity contribution in [1.82, 2.24) is 5.32 Å². The number of benzene rings is 2. The summed E-state index contributed by atoms with van der Waals surface area (Å²) in [4.78, 5) is 0. The third-order valence-corrected chi connectivity index (χ3v) is 3.82. The molecule has 106 valence electrons. The molecule has 2 aromatic rings. The monoisotopic (exact) mass is 307 g/mol. The molecular weight excluding hydrogens is 289 g/mol. The lowest BCUT2D eigenvalue weighted by Crippen LogP contribution is -2.34. The molecular formula is C17H19Cl2N. The summed E-state index contributed by atoms with van der Waals surface area (Å²) in [6, 6.07) is 19.3. The van der Waals surface area contributed by atoms with E-state index in [0.717, 1.165) is 13.0 Å². The van der Waals surface area contributed by atoms with Gasteiger partial charge in [-0.2, -0.15) is 0 Å². The van der Waals surface area contributed by atoms with Crippen molar-refractivity contribution in [2.75, 3.05) is 18.3 Å². The minimum absolute atomic E-state index is 0.276. The Labute approximate surface area is 130 Å². The Morgan fingerprint density at radius 3 is 2.10 bits per heavy atom. The van der Waals surface area contributed by atoms with Crippen molar-refractivity contribution in [3.8, 4) is 11.1 Å². The highest BCUT2D eigenvalue weighted by Crippen LogP contribution is 2.19. The summed E-state index contributed by atoms with van der Waals surface area (Å²) in [6.07, 6.45) is 0.926.